The molecular formula is C38H46O3S. The summed E-state index contributed by atoms with van der Waals surface area (Å²) < 4.78 is 30.8. The Morgan fingerprint density at radius 1 is 0.595 bits per heavy atom. The molecule has 1 aliphatic carbocycles. The molecule has 0 heterocycles. The van der Waals surface area contributed by atoms with E-state index in [2.05, 4.69) is 79.7 Å². The van der Waals surface area contributed by atoms with Gasteiger partial charge in [0.05, 0.1) is 4.90 Å². The molecule has 42 heavy (non-hydrogen) atoms. The van der Waals surface area contributed by atoms with Crippen LogP contribution >= 0.6 is 0 Å². The molecule has 0 spiro atoms. The van der Waals surface area contributed by atoms with Crippen molar-refractivity contribution in [1.29, 1.82) is 0 Å². The highest BCUT2D eigenvalue weighted by Gasteiger charge is 2.20. The molecule has 0 aliphatic heterocycles. The molecule has 1 aliphatic rings. The first-order chi connectivity index (χ1) is 20.5. The summed E-state index contributed by atoms with van der Waals surface area (Å²) in [7, 11) is -4.06. The molecule has 5 rings (SSSR count). The third-order valence-electron chi connectivity index (χ3n) is 8.23. The summed E-state index contributed by atoms with van der Waals surface area (Å²) in [5.74, 6) is 0. The van der Waals surface area contributed by atoms with E-state index in [4.69, 9.17) is 4.55 Å². The second-order valence-corrected chi connectivity index (χ2v) is 12.9. The largest absolute Gasteiger partial charge is 0.294 e. The zero-order chi connectivity index (χ0) is 29.6. The van der Waals surface area contributed by atoms with Gasteiger partial charge in [0, 0.05) is 0 Å². The van der Waals surface area contributed by atoms with Gasteiger partial charge in [0.2, 0.25) is 0 Å². The Morgan fingerprint density at radius 3 is 1.86 bits per heavy atom. The molecule has 0 bridgehead atoms. The van der Waals surface area contributed by atoms with E-state index in [0.29, 0.717) is 0 Å². The molecule has 0 atom stereocenters. The van der Waals surface area contributed by atoms with E-state index in [0.717, 1.165) is 31.2 Å². The fourth-order valence-corrected chi connectivity index (χ4v) is 6.33. The first-order valence-corrected chi connectivity index (χ1v) is 17.2. The summed E-state index contributed by atoms with van der Waals surface area (Å²) in [5.41, 5.74) is 9.79. The Bertz CT molecular complexity index is 1470. The van der Waals surface area contributed by atoms with Crippen LogP contribution in [0.4, 0.5) is 0 Å². The molecule has 4 aromatic rings. The van der Waals surface area contributed by atoms with Gasteiger partial charge in [-0.1, -0.05) is 150 Å². The Balaban J connectivity index is 0.000000193. The Labute approximate surface area is 253 Å². The van der Waals surface area contributed by atoms with Crippen LogP contribution in [0.5, 0.6) is 0 Å². The van der Waals surface area contributed by atoms with E-state index in [9.17, 15) is 8.42 Å². The van der Waals surface area contributed by atoms with Crippen LogP contribution in [0.25, 0.3) is 11.1 Å². The van der Waals surface area contributed by atoms with Crippen LogP contribution in [0.3, 0.4) is 0 Å². The van der Waals surface area contributed by atoms with Gasteiger partial charge in [-0.25, -0.2) is 0 Å². The first-order valence-electron chi connectivity index (χ1n) is 15.7. The Kier molecular flexibility index (Phi) is 12.4. The lowest BCUT2D eigenvalue weighted by molar-refractivity contribution is 0.483. The van der Waals surface area contributed by atoms with Gasteiger partial charge in [0.1, 0.15) is 0 Å². The van der Waals surface area contributed by atoms with Crippen molar-refractivity contribution in [3.8, 4) is 11.1 Å². The molecule has 4 aromatic carbocycles. The van der Waals surface area contributed by atoms with E-state index in [1.165, 1.54) is 103 Å². The minimum Gasteiger partial charge on any atom is -0.282 e. The van der Waals surface area contributed by atoms with Crippen molar-refractivity contribution in [2.75, 3.05) is 0 Å². The highest BCUT2D eigenvalue weighted by molar-refractivity contribution is 7.85. The van der Waals surface area contributed by atoms with Crippen LogP contribution < -0.4 is 0 Å². The fraction of sp³-hybridized carbons (Fsp3) is 0.368. The van der Waals surface area contributed by atoms with Crippen molar-refractivity contribution in [3.63, 3.8) is 0 Å². The topological polar surface area (TPSA) is 54.4 Å². The van der Waals surface area contributed by atoms with E-state index < -0.39 is 10.1 Å². The van der Waals surface area contributed by atoms with Crippen molar-refractivity contribution in [2.24, 2.45) is 0 Å². The van der Waals surface area contributed by atoms with Crippen LogP contribution in [0.2, 0.25) is 0 Å². The SMILES string of the molecule is CCCCCCCCCCCCc1ccc(S(=O)(=O)O)cc1.c1ccc(Cc2cccc3c2Cc2ccccc2-3)cc1. The molecular weight excluding hydrogens is 536 g/mol. The maximum atomic E-state index is 10.9. The summed E-state index contributed by atoms with van der Waals surface area (Å²) in [6, 6.07) is 32.8. The molecule has 0 aromatic heterocycles. The predicted molar refractivity (Wildman–Crippen MR) is 176 cm³/mol. The monoisotopic (exact) mass is 582 g/mol. The second-order valence-electron chi connectivity index (χ2n) is 11.5. The highest BCUT2D eigenvalue weighted by atomic mass is 32.2. The molecule has 1 N–H and O–H groups in total. The lowest BCUT2D eigenvalue weighted by Gasteiger charge is -2.08. The fourth-order valence-electron chi connectivity index (χ4n) is 5.85. The van der Waals surface area contributed by atoms with Crippen molar-refractivity contribution in [2.45, 2.75) is 95.3 Å². The van der Waals surface area contributed by atoms with Gasteiger partial charge < -0.3 is 0 Å². The van der Waals surface area contributed by atoms with Crippen LogP contribution in [0.15, 0.2) is 102 Å². The van der Waals surface area contributed by atoms with Gasteiger partial charge in [-0.2, -0.15) is 8.42 Å². The van der Waals surface area contributed by atoms with Crippen molar-refractivity contribution < 1.29 is 13.0 Å². The molecule has 3 nitrogen and oxygen atoms in total. The number of fused-ring (bicyclic) bond motifs is 3. The van der Waals surface area contributed by atoms with Gasteiger partial charge in [-0.3, -0.25) is 4.55 Å². The standard InChI is InChI=1S/C20H16.C18H30O3S/c1-2-7-15(8-3-1)13-16-10-6-12-19-18-11-5-4-9-17(18)14-20(16)19;1-2-3-4-5-6-7-8-9-10-11-12-17-13-15-18(16-14-17)22(19,20)21/h1-12H,13-14H2;13-16H,2-12H2,1H3,(H,19,20,21). The summed E-state index contributed by atoms with van der Waals surface area (Å²) in [6.45, 7) is 2.25. The minimum absolute atomic E-state index is 0.0284. The number of unbranched alkanes of at least 4 members (excludes halogenated alkanes) is 9. The maximum absolute atomic E-state index is 10.9. The number of hydrogen-bond acceptors (Lipinski definition) is 2. The van der Waals surface area contributed by atoms with Gasteiger partial charge in [0.25, 0.3) is 10.1 Å². The van der Waals surface area contributed by atoms with E-state index in [1.807, 2.05) is 0 Å². The molecule has 0 saturated carbocycles. The molecule has 0 radical (unpaired) electrons. The molecule has 0 fully saturated rings. The van der Waals surface area contributed by atoms with Crippen molar-refractivity contribution in [3.05, 3.63) is 125 Å². The van der Waals surface area contributed by atoms with Gasteiger partial charge in [0.15, 0.2) is 0 Å². The van der Waals surface area contributed by atoms with Crippen LogP contribution in [-0.4, -0.2) is 13.0 Å². The zero-order valence-corrected chi connectivity index (χ0v) is 25.9. The van der Waals surface area contributed by atoms with Crippen LogP contribution in [0, 0.1) is 0 Å². The normalized spacial score (nSPS) is 11.9. The summed E-state index contributed by atoms with van der Waals surface area (Å²) in [5, 5.41) is 0. The molecule has 4 heteroatoms. The summed E-state index contributed by atoms with van der Waals surface area (Å²) in [4.78, 5) is -0.0284. The van der Waals surface area contributed by atoms with Gasteiger partial charge >= 0.3 is 0 Å². The summed E-state index contributed by atoms with van der Waals surface area (Å²) >= 11 is 0. The third-order valence-corrected chi connectivity index (χ3v) is 9.09. The minimum atomic E-state index is -4.06. The van der Waals surface area contributed by atoms with Gasteiger partial charge in [-0.05, 0) is 76.8 Å². The lowest BCUT2D eigenvalue weighted by Crippen LogP contribution is -1.98. The average Bonchev–Trinajstić information content (AvgIpc) is 3.39. The molecule has 0 unspecified atom stereocenters. The molecule has 222 valence electrons. The smallest absolute Gasteiger partial charge is 0.282 e. The Morgan fingerprint density at radius 2 is 1.19 bits per heavy atom. The average molecular weight is 583 g/mol. The van der Waals surface area contributed by atoms with E-state index in [-0.39, 0.29) is 4.90 Å². The highest BCUT2D eigenvalue weighted by Crippen LogP contribution is 2.38. The Hall–Kier alpha value is -3.21. The number of aryl methyl sites for hydroxylation is 1. The molecule has 0 saturated heterocycles. The van der Waals surface area contributed by atoms with Crippen LogP contribution in [-0.2, 0) is 29.4 Å². The molecule has 0 amide bonds. The number of rotatable bonds is 14. The summed E-state index contributed by atoms with van der Waals surface area (Å²) in [6.07, 6.45) is 16.2. The lowest BCUT2D eigenvalue weighted by atomic mass is 9.96. The third kappa shape index (κ3) is 9.68. The van der Waals surface area contributed by atoms with Gasteiger partial charge in [-0.15, -0.1) is 0 Å². The zero-order valence-electron chi connectivity index (χ0n) is 25.1. The van der Waals surface area contributed by atoms with Crippen LogP contribution in [0.1, 0.15) is 98.9 Å². The van der Waals surface area contributed by atoms with E-state index >= 15 is 0 Å². The predicted octanol–water partition coefficient (Wildman–Crippen LogP) is 10.2. The number of benzene rings is 4. The van der Waals surface area contributed by atoms with Crippen molar-refractivity contribution in [1.82, 2.24) is 0 Å². The second kappa shape index (κ2) is 16.4. The quantitative estimate of drug-likeness (QED) is 0.105. The number of hydrogen-bond donors (Lipinski definition) is 1. The maximum Gasteiger partial charge on any atom is 0.294 e. The first kappa shape index (κ1) is 31.7. The van der Waals surface area contributed by atoms with E-state index in [1.54, 1.807) is 12.1 Å². The van der Waals surface area contributed by atoms with Crippen molar-refractivity contribution >= 4 is 10.1 Å².